The molecule has 0 saturated carbocycles. The Balaban J connectivity index is 2.66. The summed E-state index contributed by atoms with van der Waals surface area (Å²) >= 11 is 0. The Kier molecular flexibility index (Phi) is 4.46. The molecule has 1 radical (unpaired) electrons. The van der Waals surface area contributed by atoms with Gasteiger partial charge in [-0.3, -0.25) is 0 Å². The molecule has 0 aromatic heterocycles. The molecule has 1 heteroatoms. The molecule has 0 atom stereocenters. The van der Waals surface area contributed by atoms with Gasteiger partial charge in [-0.25, -0.2) is 0 Å². The van der Waals surface area contributed by atoms with Crippen molar-refractivity contribution < 1.29 is 5.11 Å². The average Bonchev–Trinajstić information content (AvgIpc) is 1.61. The van der Waals surface area contributed by atoms with Gasteiger partial charge in [0.25, 0.3) is 0 Å². The zero-order chi connectivity index (χ0) is 4.83. The summed E-state index contributed by atoms with van der Waals surface area (Å²) < 4.78 is 0. The van der Waals surface area contributed by atoms with Crippen molar-refractivity contribution in [2.75, 3.05) is 0 Å². The first kappa shape index (κ1) is 5.70. The van der Waals surface area contributed by atoms with Crippen LogP contribution in [0.1, 0.15) is 13.3 Å². The van der Waals surface area contributed by atoms with Crippen molar-refractivity contribution in [1.29, 1.82) is 0 Å². The molecule has 0 aromatic rings. The summed E-state index contributed by atoms with van der Waals surface area (Å²) in [5, 5.41) is 8.02. The molecule has 0 bridgehead atoms. The normalized spacial score (nSPS) is 10.3. The lowest BCUT2D eigenvalue weighted by atomic mass is 10.4. The van der Waals surface area contributed by atoms with Crippen LogP contribution in [-0.2, 0) is 0 Å². The second-order valence-corrected chi connectivity index (χ2v) is 0.987. The summed E-state index contributed by atoms with van der Waals surface area (Å²) in [7, 11) is 0. The third-order valence-corrected chi connectivity index (χ3v) is 0.477. The van der Waals surface area contributed by atoms with Gasteiger partial charge < -0.3 is 5.11 Å². The zero-order valence-electron chi connectivity index (χ0n) is 3.89. The van der Waals surface area contributed by atoms with Gasteiger partial charge in [0.2, 0.25) is 0 Å². The smallest absolute Gasteiger partial charge is 0.0836 e. The predicted octanol–water partition coefficient (Wildman–Crippen LogP) is 1.49. The van der Waals surface area contributed by atoms with Crippen molar-refractivity contribution in [3.05, 3.63) is 18.8 Å². The van der Waals surface area contributed by atoms with Crippen LogP contribution in [0.2, 0.25) is 0 Å². The number of rotatable bonds is 2. The molecule has 6 heavy (non-hydrogen) atoms. The standard InChI is InChI=1S/C5H9O/c1-2-3-4-5-6/h2-3,5-6H,4H2,1H3/b3-2+. The van der Waals surface area contributed by atoms with Crippen LogP contribution >= 0.6 is 0 Å². The summed E-state index contributed by atoms with van der Waals surface area (Å²) in [5.74, 6) is 0. The highest BCUT2D eigenvalue weighted by Gasteiger charge is 1.67. The van der Waals surface area contributed by atoms with Crippen LogP contribution in [0.5, 0.6) is 0 Å². The van der Waals surface area contributed by atoms with Crippen LogP contribution in [0.3, 0.4) is 0 Å². The zero-order valence-corrected chi connectivity index (χ0v) is 3.89. The molecule has 0 aliphatic rings. The predicted molar refractivity (Wildman–Crippen MR) is 25.7 cm³/mol. The van der Waals surface area contributed by atoms with E-state index in [9.17, 15) is 0 Å². The Hall–Kier alpha value is -0.300. The fraction of sp³-hybridized carbons (Fsp3) is 0.400. The SMILES string of the molecule is C/C=C/C[CH]O. The first-order chi connectivity index (χ1) is 2.91. The van der Waals surface area contributed by atoms with Gasteiger partial charge in [0.05, 0.1) is 6.61 Å². The molecule has 0 fully saturated rings. The van der Waals surface area contributed by atoms with E-state index in [1.54, 1.807) is 0 Å². The van der Waals surface area contributed by atoms with Gasteiger partial charge in [0.1, 0.15) is 0 Å². The van der Waals surface area contributed by atoms with E-state index in [1.807, 2.05) is 19.1 Å². The molecule has 0 unspecified atom stereocenters. The topological polar surface area (TPSA) is 20.2 Å². The maximum Gasteiger partial charge on any atom is 0.0836 e. The Bertz CT molecular complexity index is 39.2. The second-order valence-electron chi connectivity index (χ2n) is 0.987. The van der Waals surface area contributed by atoms with Crippen LogP contribution in [0.25, 0.3) is 0 Å². The quantitative estimate of drug-likeness (QED) is 0.503. The van der Waals surface area contributed by atoms with Crippen molar-refractivity contribution in [1.82, 2.24) is 0 Å². The summed E-state index contributed by atoms with van der Waals surface area (Å²) in [6.07, 6.45) is 4.43. The van der Waals surface area contributed by atoms with E-state index in [2.05, 4.69) is 0 Å². The lowest BCUT2D eigenvalue weighted by molar-refractivity contribution is 0.388. The third kappa shape index (κ3) is 3.70. The van der Waals surface area contributed by atoms with Gasteiger partial charge in [0.15, 0.2) is 0 Å². The van der Waals surface area contributed by atoms with Crippen LogP contribution < -0.4 is 0 Å². The van der Waals surface area contributed by atoms with Gasteiger partial charge >= 0.3 is 0 Å². The largest absolute Gasteiger partial charge is 0.390 e. The molecular formula is C5H9O. The highest BCUT2D eigenvalue weighted by atomic mass is 16.2. The van der Waals surface area contributed by atoms with Gasteiger partial charge in [-0.15, -0.1) is 0 Å². The first-order valence-electron chi connectivity index (χ1n) is 1.99. The molecule has 0 spiro atoms. The lowest BCUT2D eigenvalue weighted by Gasteiger charge is -1.75. The molecule has 1 N–H and O–H groups in total. The van der Waals surface area contributed by atoms with E-state index in [0.717, 1.165) is 6.61 Å². The number of hydrogen-bond donors (Lipinski definition) is 1. The van der Waals surface area contributed by atoms with E-state index in [1.165, 1.54) is 0 Å². The van der Waals surface area contributed by atoms with Crippen molar-refractivity contribution in [3.8, 4) is 0 Å². The van der Waals surface area contributed by atoms with Gasteiger partial charge in [-0.1, -0.05) is 12.2 Å². The van der Waals surface area contributed by atoms with Crippen molar-refractivity contribution in [2.45, 2.75) is 13.3 Å². The fourth-order valence-electron chi connectivity index (χ4n) is 0.197. The van der Waals surface area contributed by atoms with Crippen molar-refractivity contribution in [2.24, 2.45) is 0 Å². The number of hydrogen-bond acceptors (Lipinski definition) is 1. The average molecular weight is 85.1 g/mol. The maximum atomic E-state index is 8.02. The molecular weight excluding hydrogens is 76.1 g/mol. The summed E-state index contributed by atoms with van der Waals surface area (Å²) in [5.41, 5.74) is 0. The molecule has 0 heterocycles. The Morgan fingerprint density at radius 3 is 2.50 bits per heavy atom. The molecule has 0 aliphatic heterocycles. The van der Waals surface area contributed by atoms with E-state index in [4.69, 9.17) is 5.11 Å². The molecule has 0 aromatic carbocycles. The minimum absolute atomic E-state index is 0.663. The Morgan fingerprint density at radius 1 is 1.67 bits per heavy atom. The minimum Gasteiger partial charge on any atom is -0.390 e. The van der Waals surface area contributed by atoms with Gasteiger partial charge in [-0.05, 0) is 13.3 Å². The van der Waals surface area contributed by atoms with E-state index >= 15 is 0 Å². The summed E-state index contributed by atoms with van der Waals surface area (Å²) in [4.78, 5) is 0. The van der Waals surface area contributed by atoms with Gasteiger partial charge in [0, 0.05) is 0 Å². The lowest BCUT2D eigenvalue weighted by Crippen LogP contribution is -1.63. The molecule has 0 aliphatic carbocycles. The molecule has 0 rings (SSSR count). The van der Waals surface area contributed by atoms with Crippen LogP contribution in [0.15, 0.2) is 12.2 Å². The van der Waals surface area contributed by atoms with Crippen molar-refractivity contribution >= 4 is 0 Å². The maximum absolute atomic E-state index is 8.02. The number of aliphatic hydroxyl groups is 1. The highest BCUT2D eigenvalue weighted by molar-refractivity contribution is 4.78. The molecule has 35 valence electrons. The Morgan fingerprint density at radius 2 is 2.33 bits per heavy atom. The number of allylic oxidation sites excluding steroid dienone is 1. The van der Waals surface area contributed by atoms with Crippen LogP contribution in [0, 0.1) is 6.61 Å². The monoisotopic (exact) mass is 85.1 g/mol. The van der Waals surface area contributed by atoms with E-state index < -0.39 is 0 Å². The van der Waals surface area contributed by atoms with Crippen molar-refractivity contribution in [3.63, 3.8) is 0 Å². The minimum atomic E-state index is 0.663. The van der Waals surface area contributed by atoms with Gasteiger partial charge in [-0.2, -0.15) is 0 Å². The van der Waals surface area contributed by atoms with E-state index in [0.29, 0.717) is 6.42 Å². The number of aliphatic hydroxyl groups excluding tert-OH is 1. The van der Waals surface area contributed by atoms with Crippen LogP contribution in [-0.4, -0.2) is 5.11 Å². The Labute approximate surface area is 38.3 Å². The summed E-state index contributed by atoms with van der Waals surface area (Å²) in [6.45, 7) is 3.05. The van der Waals surface area contributed by atoms with E-state index in [-0.39, 0.29) is 0 Å². The van der Waals surface area contributed by atoms with Crippen LogP contribution in [0.4, 0.5) is 0 Å². The second kappa shape index (κ2) is 4.70. The summed E-state index contributed by atoms with van der Waals surface area (Å²) in [6, 6.07) is 0. The molecule has 1 nitrogen and oxygen atoms in total. The third-order valence-electron chi connectivity index (χ3n) is 0.477. The first-order valence-corrected chi connectivity index (χ1v) is 1.99. The highest BCUT2D eigenvalue weighted by Crippen LogP contribution is 1.81. The fourth-order valence-corrected chi connectivity index (χ4v) is 0.197. The molecule has 0 amide bonds. The molecule has 0 saturated heterocycles.